The molecule has 10 heteroatoms. The third kappa shape index (κ3) is 2.99. The first-order chi connectivity index (χ1) is 12.2. The highest BCUT2D eigenvalue weighted by Crippen LogP contribution is 2.51. The summed E-state index contributed by atoms with van der Waals surface area (Å²) in [5.74, 6) is 0. The van der Waals surface area contributed by atoms with Crippen LogP contribution in [0.3, 0.4) is 0 Å². The Hall–Kier alpha value is -1.33. The van der Waals surface area contributed by atoms with Gasteiger partial charge in [0.15, 0.2) is 0 Å². The highest BCUT2D eigenvalue weighted by atomic mass is 32.1. The second kappa shape index (κ2) is 6.10. The summed E-state index contributed by atoms with van der Waals surface area (Å²) in [5.41, 5.74) is 6.45. The smallest absolute Gasteiger partial charge is 0.386 e. The Labute approximate surface area is 152 Å². The minimum Gasteiger partial charge on any atom is -0.386 e. The van der Waals surface area contributed by atoms with Crippen LogP contribution in [0.15, 0.2) is 18.0 Å². The van der Waals surface area contributed by atoms with Gasteiger partial charge in [-0.25, -0.2) is 0 Å². The lowest BCUT2D eigenvalue weighted by molar-refractivity contribution is -0.134. The average Bonchev–Trinajstić information content (AvgIpc) is 3.18. The van der Waals surface area contributed by atoms with Crippen molar-refractivity contribution >= 4 is 11.3 Å². The lowest BCUT2D eigenvalue weighted by Crippen LogP contribution is -2.55. The number of hydrogen-bond donors (Lipinski definition) is 4. The number of alkyl halides is 3. The van der Waals surface area contributed by atoms with Crippen LogP contribution in [0.1, 0.15) is 41.2 Å². The summed E-state index contributed by atoms with van der Waals surface area (Å²) >= 11 is 0.695. The maximum Gasteiger partial charge on any atom is 0.425 e. The van der Waals surface area contributed by atoms with Crippen LogP contribution in [0, 0.1) is 0 Å². The second-order valence-corrected chi connectivity index (χ2v) is 8.23. The first-order valence-corrected chi connectivity index (χ1v) is 9.25. The molecule has 0 saturated carbocycles. The van der Waals surface area contributed by atoms with Crippen molar-refractivity contribution in [2.24, 2.45) is 0 Å². The number of halogens is 3. The number of nitrogens with zero attached hydrogens (tertiary/aromatic N) is 1. The maximum atomic E-state index is 13.2. The van der Waals surface area contributed by atoms with Gasteiger partial charge in [0.1, 0.15) is 16.6 Å². The van der Waals surface area contributed by atoms with Gasteiger partial charge in [-0.3, -0.25) is 5.01 Å². The van der Waals surface area contributed by atoms with E-state index in [1.807, 2.05) is 20.2 Å². The first kappa shape index (κ1) is 18.1. The molecule has 0 unspecified atom stereocenters. The van der Waals surface area contributed by atoms with E-state index in [4.69, 9.17) is 4.74 Å². The minimum absolute atomic E-state index is 0.00506. The standard InChI is InChI=1S/C16H21F3N4O2S/c1-8-4-15(5-10(20-8)11-6-23(2)22-21-11)14-9(12(24)7-25-15)3-13(26-14)16(17,18)19/h3,6,8,10,12,20-22,24H,4-5,7H2,1-2H3/t8-,10-,12+,15-/m0/s1. The zero-order valence-corrected chi connectivity index (χ0v) is 15.2. The third-order valence-corrected chi connectivity index (χ3v) is 6.45. The fraction of sp³-hybridized carbons (Fsp3) is 0.625. The summed E-state index contributed by atoms with van der Waals surface area (Å²) in [6.45, 7) is 2.00. The van der Waals surface area contributed by atoms with Crippen LogP contribution in [-0.4, -0.2) is 35.9 Å². The Bertz CT molecular complexity index is 738. The zero-order valence-electron chi connectivity index (χ0n) is 14.4. The number of piperidine rings is 1. The molecule has 26 heavy (non-hydrogen) atoms. The fourth-order valence-corrected chi connectivity index (χ4v) is 5.26. The van der Waals surface area contributed by atoms with E-state index < -0.39 is 22.8 Å². The predicted molar refractivity (Wildman–Crippen MR) is 89.6 cm³/mol. The summed E-state index contributed by atoms with van der Waals surface area (Å²) in [6, 6.07) is 1.02. The molecule has 4 atom stereocenters. The number of hydrogen-bond acceptors (Lipinski definition) is 7. The Kier molecular flexibility index (Phi) is 4.23. The van der Waals surface area contributed by atoms with Crippen LogP contribution >= 0.6 is 11.3 Å². The highest BCUT2D eigenvalue weighted by molar-refractivity contribution is 7.12. The molecule has 1 aromatic rings. The van der Waals surface area contributed by atoms with Crippen molar-refractivity contribution in [3.8, 4) is 0 Å². The fourth-order valence-electron chi connectivity index (χ4n) is 4.02. The molecule has 1 aromatic heterocycles. The summed E-state index contributed by atoms with van der Waals surface area (Å²) in [4.78, 5) is -0.185. The molecule has 0 bridgehead atoms. The van der Waals surface area contributed by atoms with E-state index in [1.165, 1.54) is 0 Å². The summed E-state index contributed by atoms with van der Waals surface area (Å²) in [7, 11) is 1.85. The van der Waals surface area contributed by atoms with Gasteiger partial charge in [0.25, 0.3) is 0 Å². The molecular formula is C16H21F3N4O2S. The van der Waals surface area contributed by atoms with Crippen molar-refractivity contribution in [2.45, 2.75) is 49.7 Å². The van der Waals surface area contributed by atoms with Crippen LogP contribution in [-0.2, 0) is 16.5 Å². The van der Waals surface area contributed by atoms with E-state index in [-0.39, 0.29) is 18.7 Å². The molecule has 144 valence electrons. The van der Waals surface area contributed by atoms with Crippen molar-refractivity contribution in [1.29, 1.82) is 0 Å². The number of nitrogens with one attached hydrogen (secondary N) is 3. The Morgan fingerprint density at radius 3 is 2.81 bits per heavy atom. The molecule has 0 amide bonds. The van der Waals surface area contributed by atoms with Crippen LogP contribution in [0.25, 0.3) is 0 Å². The average molecular weight is 390 g/mol. The molecular weight excluding hydrogens is 369 g/mol. The van der Waals surface area contributed by atoms with Crippen molar-refractivity contribution in [3.05, 3.63) is 33.3 Å². The molecule has 1 saturated heterocycles. The van der Waals surface area contributed by atoms with Gasteiger partial charge in [-0.2, -0.15) is 13.2 Å². The van der Waals surface area contributed by atoms with E-state index in [1.54, 1.807) is 5.01 Å². The van der Waals surface area contributed by atoms with Crippen molar-refractivity contribution in [3.63, 3.8) is 0 Å². The molecule has 6 nitrogen and oxygen atoms in total. The largest absolute Gasteiger partial charge is 0.425 e. The monoisotopic (exact) mass is 390 g/mol. The van der Waals surface area contributed by atoms with Crippen molar-refractivity contribution in [1.82, 2.24) is 21.3 Å². The van der Waals surface area contributed by atoms with Crippen LogP contribution < -0.4 is 16.3 Å². The summed E-state index contributed by atoms with van der Waals surface area (Å²) in [6.07, 6.45) is -2.51. The van der Waals surface area contributed by atoms with Crippen LogP contribution in [0.4, 0.5) is 13.2 Å². The SMILES string of the molecule is C[C@H]1C[C@@]2(C[C@@H](C3=CN(C)NN3)N1)OC[C@@H](O)c1cc(C(F)(F)F)sc12. The Morgan fingerprint density at radius 2 is 2.15 bits per heavy atom. The van der Waals surface area contributed by atoms with Gasteiger partial charge in [0, 0.05) is 36.2 Å². The van der Waals surface area contributed by atoms with Crippen LogP contribution in [0.2, 0.25) is 0 Å². The van der Waals surface area contributed by atoms with Crippen molar-refractivity contribution in [2.75, 3.05) is 13.7 Å². The second-order valence-electron chi connectivity index (χ2n) is 7.17. The number of ether oxygens (including phenoxy) is 1. The summed E-state index contributed by atoms with van der Waals surface area (Å²) < 4.78 is 45.7. The molecule has 0 aliphatic carbocycles. The number of aliphatic hydroxyl groups is 1. The normalized spacial score (nSPS) is 34.6. The molecule has 3 aliphatic heterocycles. The molecule has 0 aromatic carbocycles. The van der Waals surface area contributed by atoms with E-state index in [0.29, 0.717) is 34.6 Å². The van der Waals surface area contributed by atoms with E-state index in [0.717, 1.165) is 11.8 Å². The molecule has 4 heterocycles. The lowest BCUT2D eigenvalue weighted by atomic mass is 9.78. The van der Waals surface area contributed by atoms with Crippen molar-refractivity contribution < 1.29 is 23.0 Å². The first-order valence-electron chi connectivity index (χ1n) is 8.44. The summed E-state index contributed by atoms with van der Waals surface area (Å²) in [5, 5.41) is 15.4. The van der Waals surface area contributed by atoms with Gasteiger partial charge in [-0.15, -0.1) is 16.9 Å². The topological polar surface area (TPSA) is 68.8 Å². The molecule has 4 rings (SSSR count). The third-order valence-electron chi connectivity index (χ3n) is 5.07. The Morgan fingerprint density at radius 1 is 1.38 bits per heavy atom. The molecule has 3 aliphatic rings. The molecule has 4 N–H and O–H groups in total. The number of hydrazine groups is 2. The number of rotatable bonds is 1. The number of thiophene rings is 1. The van der Waals surface area contributed by atoms with E-state index in [9.17, 15) is 18.3 Å². The van der Waals surface area contributed by atoms with Gasteiger partial charge in [-0.1, -0.05) is 0 Å². The van der Waals surface area contributed by atoms with Gasteiger partial charge in [0.2, 0.25) is 0 Å². The highest BCUT2D eigenvalue weighted by Gasteiger charge is 2.50. The minimum atomic E-state index is -4.43. The molecule has 1 spiro atoms. The van der Waals surface area contributed by atoms with Crippen LogP contribution in [0.5, 0.6) is 0 Å². The molecule has 1 fully saturated rings. The van der Waals surface area contributed by atoms with E-state index in [2.05, 4.69) is 16.3 Å². The lowest BCUT2D eigenvalue weighted by Gasteiger charge is -2.47. The number of fused-ring (bicyclic) bond motifs is 2. The molecule has 0 radical (unpaired) electrons. The quantitative estimate of drug-likeness (QED) is 0.588. The van der Waals surface area contributed by atoms with Gasteiger partial charge in [-0.05, 0) is 19.4 Å². The Balaban J connectivity index is 1.73. The van der Waals surface area contributed by atoms with Gasteiger partial charge < -0.3 is 20.6 Å². The van der Waals surface area contributed by atoms with E-state index >= 15 is 0 Å². The van der Waals surface area contributed by atoms with Gasteiger partial charge in [0.05, 0.1) is 18.3 Å². The number of aliphatic hydroxyl groups excluding tert-OH is 1. The van der Waals surface area contributed by atoms with Gasteiger partial charge >= 0.3 is 6.18 Å². The maximum absolute atomic E-state index is 13.2. The predicted octanol–water partition coefficient (Wildman–Crippen LogP) is 1.96. The zero-order chi connectivity index (χ0) is 18.7.